The summed E-state index contributed by atoms with van der Waals surface area (Å²) < 4.78 is 1.95. The van der Waals surface area contributed by atoms with Gasteiger partial charge < -0.3 is 10.6 Å². The van der Waals surface area contributed by atoms with Gasteiger partial charge in [0.05, 0.1) is 5.69 Å². The molecule has 2 aromatic rings. The summed E-state index contributed by atoms with van der Waals surface area (Å²) in [5.41, 5.74) is 6.22. The van der Waals surface area contributed by atoms with Gasteiger partial charge in [-0.15, -0.1) is 0 Å². The van der Waals surface area contributed by atoms with Crippen molar-refractivity contribution in [3.8, 4) is 0 Å². The Balaban J connectivity index is 2.00. The molecule has 0 saturated heterocycles. The van der Waals surface area contributed by atoms with Gasteiger partial charge in [0.25, 0.3) is 0 Å². The second-order valence-electron chi connectivity index (χ2n) is 5.59. The average Bonchev–Trinajstić information content (AvgIpc) is 2.74. The molecule has 2 N–H and O–H groups in total. The third kappa shape index (κ3) is 3.47. The number of nitrogens with one attached hydrogen (secondary N) is 2. The van der Waals surface area contributed by atoms with Gasteiger partial charge in [0, 0.05) is 30.0 Å². The third-order valence-electron chi connectivity index (χ3n) is 3.89. The Morgan fingerprint density at radius 3 is 2.55 bits per heavy atom. The minimum Gasteiger partial charge on any atom is -0.334 e. The second kappa shape index (κ2) is 6.64. The number of rotatable bonds is 4. The molecule has 0 aliphatic carbocycles. The van der Waals surface area contributed by atoms with Crippen LogP contribution in [0.2, 0.25) is 0 Å². The molecular weight excluding hydrogens is 276 g/mol. The zero-order valence-electron chi connectivity index (χ0n) is 13.9. The number of carbonyl (C=O) groups excluding carboxylic acids is 1. The summed E-state index contributed by atoms with van der Waals surface area (Å²) in [5, 5.41) is 10.3. The fraction of sp³-hybridized carbons (Fsp3) is 0.412. The lowest BCUT2D eigenvalue weighted by atomic mass is 10.1. The maximum absolute atomic E-state index is 12.1. The molecule has 1 aromatic carbocycles. The molecule has 22 heavy (non-hydrogen) atoms. The second-order valence-corrected chi connectivity index (χ2v) is 5.59. The Kier molecular flexibility index (Phi) is 4.85. The van der Waals surface area contributed by atoms with E-state index in [4.69, 9.17) is 0 Å². The van der Waals surface area contributed by atoms with E-state index in [0.29, 0.717) is 6.54 Å². The molecule has 0 aliphatic rings. The van der Waals surface area contributed by atoms with Gasteiger partial charge in [-0.1, -0.05) is 17.7 Å². The van der Waals surface area contributed by atoms with Crippen LogP contribution in [-0.2, 0) is 13.1 Å². The maximum Gasteiger partial charge on any atom is 0.319 e. The number of anilines is 1. The molecule has 2 rings (SSSR count). The molecular formula is C17H24N4O. The smallest absolute Gasteiger partial charge is 0.319 e. The normalized spacial score (nSPS) is 10.6. The van der Waals surface area contributed by atoms with Crippen molar-refractivity contribution in [2.24, 2.45) is 0 Å². The molecule has 5 nitrogen and oxygen atoms in total. The number of hydrogen-bond acceptors (Lipinski definition) is 2. The number of hydrogen-bond donors (Lipinski definition) is 2. The van der Waals surface area contributed by atoms with Crippen molar-refractivity contribution in [3.05, 3.63) is 46.3 Å². The van der Waals surface area contributed by atoms with Gasteiger partial charge in [-0.2, -0.15) is 5.10 Å². The summed E-state index contributed by atoms with van der Waals surface area (Å²) in [7, 11) is 0. The molecule has 0 aliphatic heterocycles. The van der Waals surface area contributed by atoms with Crippen molar-refractivity contribution >= 4 is 11.7 Å². The highest BCUT2D eigenvalue weighted by atomic mass is 16.2. The van der Waals surface area contributed by atoms with Gasteiger partial charge in [-0.05, 0) is 46.2 Å². The SMILES string of the molecule is CCn1nc(C)c(CNC(=O)Nc2ccc(C)cc2C)c1C. The highest BCUT2D eigenvalue weighted by molar-refractivity contribution is 5.90. The van der Waals surface area contributed by atoms with Crippen LogP contribution in [0.3, 0.4) is 0 Å². The van der Waals surface area contributed by atoms with Crippen molar-refractivity contribution in [3.63, 3.8) is 0 Å². The van der Waals surface area contributed by atoms with Crippen LogP contribution in [0, 0.1) is 27.7 Å². The number of nitrogens with zero attached hydrogens (tertiary/aromatic N) is 2. The Morgan fingerprint density at radius 2 is 1.95 bits per heavy atom. The van der Waals surface area contributed by atoms with E-state index in [1.807, 2.05) is 44.5 Å². The highest BCUT2D eigenvalue weighted by Gasteiger charge is 2.12. The van der Waals surface area contributed by atoms with E-state index >= 15 is 0 Å². The van der Waals surface area contributed by atoms with E-state index in [1.165, 1.54) is 5.56 Å². The monoisotopic (exact) mass is 300 g/mol. The average molecular weight is 300 g/mol. The summed E-state index contributed by atoms with van der Waals surface area (Å²) in [6.07, 6.45) is 0. The summed E-state index contributed by atoms with van der Waals surface area (Å²) in [4.78, 5) is 12.1. The van der Waals surface area contributed by atoms with Crippen molar-refractivity contribution < 1.29 is 4.79 Å². The predicted molar refractivity (Wildman–Crippen MR) is 89.1 cm³/mol. The molecule has 0 atom stereocenters. The summed E-state index contributed by atoms with van der Waals surface area (Å²) in [6.45, 7) is 11.4. The van der Waals surface area contributed by atoms with E-state index in [0.717, 1.165) is 34.7 Å². The van der Waals surface area contributed by atoms with Crippen LogP contribution < -0.4 is 10.6 Å². The molecule has 2 amide bonds. The van der Waals surface area contributed by atoms with E-state index < -0.39 is 0 Å². The summed E-state index contributed by atoms with van der Waals surface area (Å²) in [6, 6.07) is 5.77. The summed E-state index contributed by atoms with van der Waals surface area (Å²) in [5.74, 6) is 0. The Labute approximate surface area is 131 Å². The highest BCUT2D eigenvalue weighted by Crippen LogP contribution is 2.16. The molecule has 0 fully saturated rings. The minimum atomic E-state index is -0.199. The lowest BCUT2D eigenvalue weighted by molar-refractivity contribution is 0.251. The molecule has 0 unspecified atom stereocenters. The van der Waals surface area contributed by atoms with Crippen LogP contribution in [0.15, 0.2) is 18.2 Å². The topological polar surface area (TPSA) is 59.0 Å². The number of benzene rings is 1. The molecule has 0 bridgehead atoms. The van der Waals surface area contributed by atoms with Crippen molar-refractivity contribution in [1.82, 2.24) is 15.1 Å². The first-order valence-corrected chi connectivity index (χ1v) is 7.57. The zero-order chi connectivity index (χ0) is 16.3. The predicted octanol–water partition coefficient (Wildman–Crippen LogP) is 3.46. The number of carbonyl (C=O) groups is 1. The Morgan fingerprint density at radius 1 is 1.23 bits per heavy atom. The van der Waals surface area contributed by atoms with Crippen LogP contribution in [0.25, 0.3) is 0 Å². The Bertz CT molecular complexity index is 688. The largest absolute Gasteiger partial charge is 0.334 e. The molecule has 0 radical (unpaired) electrons. The number of aryl methyl sites for hydroxylation is 4. The van der Waals surface area contributed by atoms with Crippen LogP contribution in [0.5, 0.6) is 0 Å². The zero-order valence-corrected chi connectivity index (χ0v) is 13.9. The van der Waals surface area contributed by atoms with Gasteiger partial charge in [0.15, 0.2) is 0 Å². The minimum absolute atomic E-state index is 0.199. The first-order chi connectivity index (χ1) is 10.4. The lowest BCUT2D eigenvalue weighted by Gasteiger charge is -2.11. The lowest BCUT2D eigenvalue weighted by Crippen LogP contribution is -2.28. The van der Waals surface area contributed by atoms with E-state index in [-0.39, 0.29) is 6.03 Å². The first-order valence-electron chi connectivity index (χ1n) is 7.57. The standard InChI is InChI=1S/C17H24N4O/c1-6-21-14(5)15(13(4)20-21)10-18-17(22)19-16-8-7-11(2)9-12(16)3/h7-9H,6,10H2,1-5H3,(H2,18,19,22). The quantitative estimate of drug-likeness (QED) is 0.908. The molecule has 1 aromatic heterocycles. The van der Waals surface area contributed by atoms with E-state index in [2.05, 4.69) is 28.7 Å². The van der Waals surface area contributed by atoms with Gasteiger partial charge in [0.2, 0.25) is 0 Å². The number of aromatic nitrogens is 2. The van der Waals surface area contributed by atoms with Crippen molar-refractivity contribution in [2.45, 2.75) is 47.7 Å². The van der Waals surface area contributed by atoms with Crippen molar-refractivity contribution in [1.29, 1.82) is 0 Å². The number of amides is 2. The molecule has 1 heterocycles. The van der Waals surface area contributed by atoms with Gasteiger partial charge in [-0.25, -0.2) is 4.79 Å². The fourth-order valence-electron chi connectivity index (χ4n) is 2.59. The van der Waals surface area contributed by atoms with Gasteiger partial charge >= 0.3 is 6.03 Å². The summed E-state index contributed by atoms with van der Waals surface area (Å²) >= 11 is 0. The molecule has 118 valence electrons. The molecule has 0 spiro atoms. The van der Waals surface area contributed by atoms with Crippen LogP contribution in [-0.4, -0.2) is 15.8 Å². The fourth-order valence-corrected chi connectivity index (χ4v) is 2.59. The van der Waals surface area contributed by atoms with E-state index in [1.54, 1.807) is 0 Å². The Hall–Kier alpha value is -2.30. The van der Waals surface area contributed by atoms with Crippen LogP contribution in [0.4, 0.5) is 10.5 Å². The van der Waals surface area contributed by atoms with Gasteiger partial charge in [-0.3, -0.25) is 4.68 Å². The van der Waals surface area contributed by atoms with Crippen molar-refractivity contribution in [2.75, 3.05) is 5.32 Å². The van der Waals surface area contributed by atoms with Crippen LogP contribution in [0.1, 0.15) is 35.0 Å². The first kappa shape index (κ1) is 16.1. The van der Waals surface area contributed by atoms with E-state index in [9.17, 15) is 4.79 Å². The third-order valence-corrected chi connectivity index (χ3v) is 3.89. The maximum atomic E-state index is 12.1. The molecule has 0 saturated carbocycles. The van der Waals surface area contributed by atoms with Crippen LogP contribution >= 0.6 is 0 Å². The number of urea groups is 1. The van der Waals surface area contributed by atoms with Gasteiger partial charge in [0.1, 0.15) is 0 Å². The molecule has 5 heteroatoms.